The smallest absolute Gasteiger partial charge is 0.173 e. The van der Waals surface area contributed by atoms with Crippen LogP contribution in [-0.4, -0.2) is 34.9 Å². The number of Topliss-reactive ketones (excluding diaryl/α,β-unsaturated/α-hetero) is 3. The molecule has 2 atom stereocenters. The fourth-order valence-electron chi connectivity index (χ4n) is 2.55. The monoisotopic (exact) mass is 558 g/mol. The summed E-state index contributed by atoms with van der Waals surface area (Å²) in [6.07, 6.45) is -1.57. The molecule has 15 heteroatoms. The highest BCUT2D eigenvalue weighted by molar-refractivity contribution is 7.80. The van der Waals surface area contributed by atoms with E-state index in [1.165, 1.54) is 24.3 Å². The Labute approximate surface area is 206 Å². The summed E-state index contributed by atoms with van der Waals surface area (Å²) in [6, 6.07) is 4.87. The average molecular weight is 560 g/mol. The topological polar surface area (TPSA) is 156 Å². The Morgan fingerprint density at radius 1 is 0.719 bits per heavy atom. The van der Waals surface area contributed by atoms with Gasteiger partial charge in [-0.3, -0.25) is 22.8 Å². The molecule has 2 unspecified atom stereocenters. The van der Waals surface area contributed by atoms with E-state index in [2.05, 4.69) is 0 Å². The molecule has 2 N–H and O–H groups in total. The van der Waals surface area contributed by atoms with Gasteiger partial charge in [-0.05, 0) is 24.3 Å². The third-order valence-corrected chi connectivity index (χ3v) is 6.03. The molecule has 0 aliphatic carbocycles. The third-order valence-electron chi connectivity index (χ3n) is 3.84. The second kappa shape index (κ2) is 11.5. The lowest BCUT2D eigenvalue weighted by molar-refractivity contribution is -0.117. The van der Waals surface area contributed by atoms with Gasteiger partial charge in [0.1, 0.15) is 5.78 Å². The summed E-state index contributed by atoms with van der Waals surface area (Å²) in [5.41, 5.74) is -0.862. The van der Waals surface area contributed by atoms with Gasteiger partial charge in [-0.25, -0.2) is 0 Å². The summed E-state index contributed by atoms with van der Waals surface area (Å²) in [5, 5.41) is -0.892. The van der Waals surface area contributed by atoms with E-state index in [0.717, 1.165) is 0 Å². The van der Waals surface area contributed by atoms with Gasteiger partial charge in [0.2, 0.25) is 0 Å². The maximum Gasteiger partial charge on any atom is 0.173 e. The van der Waals surface area contributed by atoms with Crippen molar-refractivity contribution in [2.75, 3.05) is 9.44 Å². The zero-order chi connectivity index (χ0) is 24.2. The van der Waals surface area contributed by atoms with Crippen LogP contribution in [0.5, 0.6) is 0 Å². The van der Waals surface area contributed by atoms with E-state index in [0.29, 0.717) is 0 Å². The van der Waals surface area contributed by atoms with E-state index in [-0.39, 0.29) is 42.6 Å². The molecule has 2 rings (SSSR count). The zero-order valence-corrected chi connectivity index (χ0v) is 20.1. The fraction of sp³-hybridized carbons (Fsp3) is 0.118. The lowest BCUT2D eigenvalue weighted by atomic mass is 9.99. The van der Waals surface area contributed by atoms with Gasteiger partial charge in [0.25, 0.3) is 0 Å². The lowest BCUT2D eigenvalue weighted by Crippen LogP contribution is -2.15. The normalized spacial score (nSPS) is 12.7. The molecule has 0 heterocycles. The molecule has 0 aromatic heterocycles. The van der Waals surface area contributed by atoms with Crippen LogP contribution in [-0.2, 0) is 27.3 Å². The number of carbonyl (C=O) groups excluding carboxylic acids is 3. The Kier molecular flexibility index (Phi) is 9.61. The molecule has 32 heavy (non-hydrogen) atoms. The first kappa shape index (κ1) is 26.7. The van der Waals surface area contributed by atoms with Gasteiger partial charge in [0.05, 0.1) is 55.4 Å². The molecule has 9 nitrogen and oxygen atoms in total. The molecule has 0 saturated heterocycles. The van der Waals surface area contributed by atoms with E-state index >= 15 is 0 Å². The summed E-state index contributed by atoms with van der Waals surface area (Å²) in [4.78, 5) is 37.4. The van der Waals surface area contributed by atoms with Gasteiger partial charge in [-0.2, -0.15) is 0 Å². The maximum atomic E-state index is 12.5. The summed E-state index contributed by atoms with van der Waals surface area (Å²) in [7, 11) is 0. The highest BCUT2D eigenvalue weighted by Gasteiger charge is 2.24. The number of hydrogen-bond donors (Lipinski definition) is 2. The fourth-order valence-corrected chi connectivity index (χ4v) is 4.62. The van der Waals surface area contributed by atoms with Crippen molar-refractivity contribution in [3.63, 3.8) is 0 Å². The molecule has 2 aromatic rings. The highest BCUT2D eigenvalue weighted by atomic mass is 35.5. The Morgan fingerprint density at radius 3 is 1.38 bits per heavy atom. The number of halogens is 4. The lowest BCUT2D eigenvalue weighted by Gasteiger charge is -2.14. The number of carbonyl (C=O) groups is 3. The van der Waals surface area contributed by atoms with Crippen molar-refractivity contribution in [3.8, 4) is 0 Å². The Morgan fingerprint density at radius 2 is 1.06 bits per heavy atom. The van der Waals surface area contributed by atoms with E-state index in [1.54, 1.807) is 0 Å². The molecule has 0 fully saturated rings. The first-order valence-corrected chi connectivity index (χ1v) is 11.8. The molecule has 0 amide bonds. The number of anilines is 2. The summed E-state index contributed by atoms with van der Waals surface area (Å²) in [5.74, 6) is -2.55. The van der Waals surface area contributed by atoms with Crippen LogP contribution in [0, 0.1) is 0 Å². The van der Waals surface area contributed by atoms with Crippen molar-refractivity contribution in [2.24, 2.45) is 0 Å². The van der Waals surface area contributed by atoms with E-state index < -0.39 is 52.7 Å². The number of ketones is 3. The van der Waals surface area contributed by atoms with Crippen LogP contribution in [0.15, 0.2) is 24.3 Å². The second-order valence-electron chi connectivity index (χ2n) is 5.98. The van der Waals surface area contributed by atoms with Crippen molar-refractivity contribution >= 4 is 97.7 Å². The number of benzene rings is 2. The minimum Gasteiger partial charge on any atom is -0.755 e. The van der Waals surface area contributed by atoms with Gasteiger partial charge >= 0.3 is 0 Å². The second-order valence-corrected chi connectivity index (χ2v) is 8.90. The summed E-state index contributed by atoms with van der Waals surface area (Å²) < 4.78 is 47.3. The Balaban J connectivity index is 2.22. The molecule has 0 saturated carbocycles. The molecular weight excluding hydrogens is 550 g/mol. The van der Waals surface area contributed by atoms with Gasteiger partial charge in [0, 0.05) is 22.5 Å². The predicted octanol–water partition coefficient (Wildman–Crippen LogP) is 4.13. The molecular formula is C17H10Cl4N2O7S2-2. The summed E-state index contributed by atoms with van der Waals surface area (Å²) >= 11 is 18.5. The third kappa shape index (κ3) is 6.72. The van der Waals surface area contributed by atoms with Crippen molar-refractivity contribution in [1.29, 1.82) is 0 Å². The van der Waals surface area contributed by atoms with Gasteiger partial charge in [-0.1, -0.05) is 46.4 Å². The molecule has 172 valence electrons. The maximum absolute atomic E-state index is 12.5. The number of nitrogens with one attached hydrogen (secondary N) is 2. The number of rotatable bonds is 10. The van der Waals surface area contributed by atoms with Gasteiger partial charge in [-0.15, -0.1) is 0 Å². The van der Waals surface area contributed by atoms with Crippen LogP contribution in [0.2, 0.25) is 20.1 Å². The SMILES string of the molecule is O=C(CC(=O)c1c(Cl)ccc(NS(=O)[O-])c1Cl)CC(=O)c1c(Cl)ccc(NS(=O)[O-])c1Cl. The van der Waals surface area contributed by atoms with Crippen molar-refractivity contribution in [3.05, 3.63) is 55.5 Å². The van der Waals surface area contributed by atoms with Crippen LogP contribution in [0.4, 0.5) is 11.4 Å². The van der Waals surface area contributed by atoms with Crippen LogP contribution in [0.1, 0.15) is 33.6 Å². The van der Waals surface area contributed by atoms with Crippen molar-refractivity contribution in [2.45, 2.75) is 12.8 Å². The van der Waals surface area contributed by atoms with Crippen LogP contribution >= 0.6 is 46.4 Å². The van der Waals surface area contributed by atoms with E-state index in [1.807, 2.05) is 9.44 Å². The minimum atomic E-state index is -2.72. The van der Waals surface area contributed by atoms with E-state index in [9.17, 15) is 31.9 Å². The molecule has 0 radical (unpaired) electrons. The van der Waals surface area contributed by atoms with Crippen LogP contribution in [0.3, 0.4) is 0 Å². The zero-order valence-electron chi connectivity index (χ0n) is 15.4. The molecule has 0 bridgehead atoms. The van der Waals surface area contributed by atoms with Crippen molar-refractivity contribution < 1.29 is 31.9 Å². The van der Waals surface area contributed by atoms with Crippen molar-refractivity contribution in [1.82, 2.24) is 0 Å². The van der Waals surface area contributed by atoms with E-state index in [4.69, 9.17) is 46.4 Å². The molecule has 2 aromatic carbocycles. The standard InChI is InChI=1S/C17H12Cl4N2O7S2/c18-8-1-3-10(22-31(27)28)16(20)14(8)12(25)5-7(24)6-13(26)15-9(19)2-4-11(17(15)21)23-32(29)30/h1-4,22-23H,5-6H2,(H,27,28)(H,29,30)/p-2. The Bertz CT molecular complexity index is 1070. The minimum absolute atomic E-state index is 0.128. The molecule has 0 aliphatic heterocycles. The van der Waals surface area contributed by atoms with Crippen LogP contribution in [0.25, 0.3) is 0 Å². The summed E-state index contributed by atoms with van der Waals surface area (Å²) in [6.45, 7) is 0. The average Bonchev–Trinajstić information content (AvgIpc) is 2.66. The molecule has 0 aliphatic rings. The molecule has 0 spiro atoms. The highest BCUT2D eigenvalue weighted by Crippen LogP contribution is 2.34. The van der Waals surface area contributed by atoms with Gasteiger partial charge < -0.3 is 18.5 Å². The van der Waals surface area contributed by atoms with Gasteiger partial charge in [0.15, 0.2) is 11.6 Å². The quantitative estimate of drug-likeness (QED) is 0.252. The predicted molar refractivity (Wildman–Crippen MR) is 121 cm³/mol. The number of hydrogen-bond acceptors (Lipinski definition) is 7. The largest absolute Gasteiger partial charge is 0.755 e. The first-order valence-electron chi connectivity index (χ1n) is 8.18. The first-order chi connectivity index (χ1) is 14.9. The van der Waals surface area contributed by atoms with Crippen LogP contribution < -0.4 is 9.44 Å². The Hall–Kier alpha value is -1.57.